The molecule has 1 atom stereocenters. The van der Waals surface area contributed by atoms with Crippen molar-refractivity contribution < 1.29 is 4.39 Å². The third kappa shape index (κ3) is 3.93. The summed E-state index contributed by atoms with van der Waals surface area (Å²) >= 11 is 12.2. The summed E-state index contributed by atoms with van der Waals surface area (Å²) in [4.78, 5) is 0. The molecule has 0 fully saturated rings. The lowest BCUT2D eigenvalue weighted by atomic mass is 9.99. The minimum Gasteiger partial charge on any atom is -0.271 e. The van der Waals surface area contributed by atoms with Crippen molar-refractivity contribution in [2.45, 2.75) is 18.9 Å². The lowest BCUT2D eigenvalue weighted by Crippen LogP contribution is -2.38. The first-order valence-corrected chi connectivity index (χ1v) is 6.99. The number of nitrogens with one attached hydrogen (secondary N) is 1. The van der Waals surface area contributed by atoms with E-state index >= 15 is 0 Å². The van der Waals surface area contributed by atoms with E-state index in [2.05, 4.69) is 5.43 Å². The molecule has 0 saturated carbocycles. The SMILES string of the molecule is NNC(Cc1ccccc1Cl)Cc1cc(F)ccc1Cl. The molecule has 2 rings (SSSR count). The smallest absolute Gasteiger partial charge is 0.123 e. The first kappa shape index (κ1) is 15.3. The molecule has 2 aromatic carbocycles. The Morgan fingerprint density at radius 3 is 2.35 bits per heavy atom. The Labute approximate surface area is 127 Å². The summed E-state index contributed by atoms with van der Waals surface area (Å²) in [5, 5.41) is 1.23. The molecule has 0 heterocycles. The Morgan fingerprint density at radius 1 is 1.00 bits per heavy atom. The molecule has 0 aliphatic carbocycles. The molecular formula is C15H15Cl2FN2. The van der Waals surface area contributed by atoms with Gasteiger partial charge in [-0.15, -0.1) is 0 Å². The van der Waals surface area contributed by atoms with E-state index < -0.39 is 0 Å². The number of halogens is 3. The van der Waals surface area contributed by atoms with Crippen molar-refractivity contribution in [2.24, 2.45) is 5.84 Å². The Balaban J connectivity index is 2.13. The second kappa shape index (κ2) is 7.04. The first-order valence-electron chi connectivity index (χ1n) is 6.23. The lowest BCUT2D eigenvalue weighted by Gasteiger charge is -2.17. The van der Waals surface area contributed by atoms with E-state index in [0.29, 0.717) is 22.9 Å². The van der Waals surface area contributed by atoms with Crippen LogP contribution in [0.15, 0.2) is 42.5 Å². The first-order chi connectivity index (χ1) is 9.60. The fourth-order valence-electron chi connectivity index (χ4n) is 2.08. The molecule has 0 saturated heterocycles. The largest absolute Gasteiger partial charge is 0.271 e. The molecule has 0 spiro atoms. The molecule has 0 aliphatic rings. The standard InChI is InChI=1S/C15H15Cl2FN2/c16-14-4-2-1-3-10(14)8-13(20-19)9-11-7-12(18)5-6-15(11)17/h1-7,13,20H,8-9,19H2. The molecule has 0 aliphatic heterocycles. The van der Waals surface area contributed by atoms with Gasteiger partial charge in [-0.25, -0.2) is 4.39 Å². The van der Waals surface area contributed by atoms with E-state index in [1.165, 1.54) is 12.1 Å². The molecule has 0 radical (unpaired) electrons. The monoisotopic (exact) mass is 312 g/mol. The molecule has 0 aromatic heterocycles. The number of hydrogen-bond donors (Lipinski definition) is 2. The van der Waals surface area contributed by atoms with Crippen LogP contribution in [0.5, 0.6) is 0 Å². The molecular weight excluding hydrogens is 298 g/mol. The van der Waals surface area contributed by atoms with Gasteiger partial charge in [0.1, 0.15) is 5.82 Å². The minimum atomic E-state index is -0.307. The third-order valence-corrected chi connectivity index (χ3v) is 3.87. The van der Waals surface area contributed by atoms with Gasteiger partial charge >= 0.3 is 0 Å². The number of nitrogens with two attached hydrogens (primary N) is 1. The second-order valence-electron chi connectivity index (χ2n) is 4.60. The molecule has 0 bridgehead atoms. The van der Waals surface area contributed by atoms with E-state index in [0.717, 1.165) is 11.1 Å². The van der Waals surface area contributed by atoms with Crippen LogP contribution in [-0.4, -0.2) is 6.04 Å². The molecule has 106 valence electrons. The van der Waals surface area contributed by atoms with Crippen LogP contribution in [0.4, 0.5) is 4.39 Å². The van der Waals surface area contributed by atoms with Gasteiger partial charge in [-0.3, -0.25) is 11.3 Å². The van der Waals surface area contributed by atoms with Crippen LogP contribution in [0.3, 0.4) is 0 Å². The van der Waals surface area contributed by atoms with Gasteiger partial charge in [0.05, 0.1) is 0 Å². The molecule has 2 nitrogen and oxygen atoms in total. The van der Waals surface area contributed by atoms with Gasteiger partial charge in [0.15, 0.2) is 0 Å². The Morgan fingerprint density at radius 2 is 1.65 bits per heavy atom. The summed E-state index contributed by atoms with van der Waals surface area (Å²) in [6, 6.07) is 11.8. The number of rotatable bonds is 5. The maximum atomic E-state index is 13.3. The molecule has 2 aromatic rings. The zero-order chi connectivity index (χ0) is 14.5. The predicted molar refractivity (Wildman–Crippen MR) is 81.4 cm³/mol. The Bertz CT molecular complexity index is 590. The Hall–Kier alpha value is -1.13. The van der Waals surface area contributed by atoms with E-state index in [-0.39, 0.29) is 11.9 Å². The summed E-state index contributed by atoms with van der Waals surface area (Å²) < 4.78 is 13.3. The molecule has 0 amide bonds. The highest BCUT2D eigenvalue weighted by Gasteiger charge is 2.13. The average Bonchev–Trinajstić information content (AvgIpc) is 2.44. The zero-order valence-electron chi connectivity index (χ0n) is 10.7. The fourth-order valence-corrected chi connectivity index (χ4v) is 2.49. The molecule has 20 heavy (non-hydrogen) atoms. The van der Waals surface area contributed by atoms with Crippen molar-refractivity contribution in [3.63, 3.8) is 0 Å². The van der Waals surface area contributed by atoms with Gasteiger partial charge in [-0.1, -0.05) is 41.4 Å². The molecule has 5 heteroatoms. The maximum absolute atomic E-state index is 13.3. The van der Waals surface area contributed by atoms with E-state index in [1.807, 2.05) is 24.3 Å². The lowest BCUT2D eigenvalue weighted by molar-refractivity contribution is 0.520. The molecule has 3 N–H and O–H groups in total. The van der Waals surface area contributed by atoms with Crippen LogP contribution in [0.1, 0.15) is 11.1 Å². The van der Waals surface area contributed by atoms with E-state index in [9.17, 15) is 4.39 Å². The van der Waals surface area contributed by atoms with Gasteiger partial charge < -0.3 is 0 Å². The number of hydrazine groups is 1. The summed E-state index contributed by atoms with van der Waals surface area (Å²) in [7, 11) is 0. The fraction of sp³-hybridized carbons (Fsp3) is 0.200. The molecule has 1 unspecified atom stereocenters. The van der Waals surface area contributed by atoms with Crippen molar-refractivity contribution in [2.75, 3.05) is 0 Å². The second-order valence-corrected chi connectivity index (χ2v) is 5.41. The van der Waals surface area contributed by atoms with Gasteiger partial charge in [0.25, 0.3) is 0 Å². The quantitative estimate of drug-likeness (QED) is 0.652. The van der Waals surface area contributed by atoms with Crippen LogP contribution < -0.4 is 11.3 Å². The predicted octanol–water partition coefficient (Wildman–Crippen LogP) is 3.75. The van der Waals surface area contributed by atoms with Crippen LogP contribution in [0.2, 0.25) is 10.0 Å². The summed E-state index contributed by atoms with van der Waals surface area (Å²) in [5.74, 6) is 5.27. The summed E-state index contributed by atoms with van der Waals surface area (Å²) in [6.07, 6.45) is 1.17. The van der Waals surface area contributed by atoms with Crippen molar-refractivity contribution in [1.29, 1.82) is 0 Å². The number of benzene rings is 2. The highest BCUT2D eigenvalue weighted by Crippen LogP contribution is 2.21. The van der Waals surface area contributed by atoms with Crippen molar-refractivity contribution in [3.8, 4) is 0 Å². The maximum Gasteiger partial charge on any atom is 0.123 e. The van der Waals surface area contributed by atoms with E-state index in [4.69, 9.17) is 29.0 Å². The van der Waals surface area contributed by atoms with Gasteiger partial charge in [0.2, 0.25) is 0 Å². The van der Waals surface area contributed by atoms with Gasteiger partial charge in [-0.05, 0) is 48.2 Å². The summed E-state index contributed by atoms with van der Waals surface area (Å²) in [5.41, 5.74) is 4.45. The zero-order valence-corrected chi connectivity index (χ0v) is 12.3. The topological polar surface area (TPSA) is 38.0 Å². The van der Waals surface area contributed by atoms with Crippen LogP contribution in [0, 0.1) is 5.82 Å². The third-order valence-electron chi connectivity index (χ3n) is 3.13. The van der Waals surface area contributed by atoms with Crippen LogP contribution in [0.25, 0.3) is 0 Å². The van der Waals surface area contributed by atoms with Crippen molar-refractivity contribution in [3.05, 3.63) is 69.5 Å². The van der Waals surface area contributed by atoms with Gasteiger partial charge in [0, 0.05) is 16.1 Å². The normalized spacial score (nSPS) is 12.4. The van der Waals surface area contributed by atoms with Crippen LogP contribution >= 0.6 is 23.2 Å². The van der Waals surface area contributed by atoms with E-state index in [1.54, 1.807) is 6.07 Å². The average molecular weight is 313 g/mol. The summed E-state index contributed by atoms with van der Waals surface area (Å²) in [6.45, 7) is 0. The van der Waals surface area contributed by atoms with Crippen molar-refractivity contribution >= 4 is 23.2 Å². The van der Waals surface area contributed by atoms with Crippen LogP contribution in [-0.2, 0) is 12.8 Å². The van der Waals surface area contributed by atoms with Gasteiger partial charge in [-0.2, -0.15) is 0 Å². The highest BCUT2D eigenvalue weighted by atomic mass is 35.5. The highest BCUT2D eigenvalue weighted by molar-refractivity contribution is 6.31. The van der Waals surface area contributed by atoms with Crippen molar-refractivity contribution in [1.82, 2.24) is 5.43 Å². The Kier molecular flexibility index (Phi) is 5.38. The number of hydrogen-bond acceptors (Lipinski definition) is 2. The minimum absolute atomic E-state index is 0.0748.